The first-order valence-corrected chi connectivity index (χ1v) is 10.3. The van der Waals surface area contributed by atoms with Gasteiger partial charge in [0.05, 0.1) is 10.1 Å². The summed E-state index contributed by atoms with van der Waals surface area (Å²) in [5.74, 6) is 1.70. The molecule has 1 aliphatic heterocycles. The number of halogens is 1. The molecule has 1 fully saturated rings. The molecule has 4 nitrogen and oxygen atoms in total. The molecule has 2 atom stereocenters. The van der Waals surface area contributed by atoms with Gasteiger partial charge in [-0.3, -0.25) is 9.69 Å². The Labute approximate surface area is 153 Å². The van der Waals surface area contributed by atoms with Crippen LogP contribution in [0.3, 0.4) is 0 Å². The highest BCUT2D eigenvalue weighted by Crippen LogP contribution is 2.45. The summed E-state index contributed by atoms with van der Waals surface area (Å²) in [5.41, 5.74) is 0. The number of thioether (sulfide) groups is 1. The summed E-state index contributed by atoms with van der Waals surface area (Å²) in [6.07, 6.45) is 9.14. The molecule has 24 heavy (non-hydrogen) atoms. The summed E-state index contributed by atoms with van der Waals surface area (Å²) >= 11 is 7.66. The molecule has 1 saturated carbocycles. The Morgan fingerprint density at radius 3 is 2.50 bits per heavy atom. The van der Waals surface area contributed by atoms with E-state index in [9.17, 15) is 4.79 Å². The molecule has 1 aromatic heterocycles. The fourth-order valence-electron chi connectivity index (χ4n) is 3.63. The highest BCUT2D eigenvalue weighted by molar-refractivity contribution is 8.01. The van der Waals surface area contributed by atoms with Gasteiger partial charge in [0.1, 0.15) is 0 Å². The maximum atomic E-state index is 13.4. The van der Waals surface area contributed by atoms with Crippen molar-refractivity contribution in [2.45, 2.75) is 75.5 Å². The zero-order valence-corrected chi connectivity index (χ0v) is 16.2. The number of anilines is 1. The molecule has 1 amide bonds. The molecule has 2 aliphatic rings. The number of nitrogens with zero attached hydrogens (tertiary/aromatic N) is 3. The van der Waals surface area contributed by atoms with Crippen LogP contribution in [0, 0.1) is 11.8 Å². The molecule has 2 heterocycles. The molecule has 132 valence electrons. The van der Waals surface area contributed by atoms with Gasteiger partial charge in [-0.2, -0.15) is 4.98 Å². The van der Waals surface area contributed by atoms with Crippen molar-refractivity contribution in [3.8, 4) is 0 Å². The number of hydrogen-bond donors (Lipinski definition) is 0. The maximum Gasteiger partial charge on any atom is 0.242 e. The van der Waals surface area contributed by atoms with Gasteiger partial charge < -0.3 is 0 Å². The standard InChI is InChI=1S/C18H26ClN3OS/c1-11(2)12(3)22-16-14(10-20-18(19)21-16)24-15(17(22)23)13-8-6-4-5-7-9-13/h10-13,15H,4-9H2,1-3H3. The lowest BCUT2D eigenvalue weighted by Gasteiger charge is -2.40. The van der Waals surface area contributed by atoms with E-state index < -0.39 is 0 Å². The van der Waals surface area contributed by atoms with Gasteiger partial charge in [0.2, 0.25) is 11.2 Å². The number of amides is 1. The predicted molar refractivity (Wildman–Crippen MR) is 99.7 cm³/mol. The number of fused-ring (bicyclic) bond motifs is 1. The maximum absolute atomic E-state index is 13.4. The molecule has 6 heteroatoms. The molecule has 0 saturated heterocycles. The van der Waals surface area contributed by atoms with Crippen LogP contribution in [-0.4, -0.2) is 27.2 Å². The molecule has 0 radical (unpaired) electrons. The van der Waals surface area contributed by atoms with Crippen LogP contribution in [0.2, 0.25) is 5.28 Å². The lowest BCUT2D eigenvalue weighted by molar-refractivity contribution is -0.119. The Morgan fingerprint density at radius 2 is 1.88 bits per heavy atom. The Hall–Kier alpha value is -0.810. The van der Waals surface area contributed by atoms with E-state index in [0.29, 0.717) is 17.7 Å². The van der Waals surface area contributed by atoms with Crippen molar-refractivity contribution in [3.05, 3.63) is 11.5 Å². The minimum Gasteiger partial charge on any atom is -0.292 e. The minimum atomic E-state index is -0.0124. The van der Waals surface area contributed by atoms with Crippen LogP contribution in [0.1, 0.15) is 59.3 Å². The van der Waals surface area contributed by atoms with E-state index in [2.05, 4.69) is 30.7 Å². The zero-order valence-electron chi connectivity index (χ0n) is 14.7. The Balaban J connectivity index is 1.97. The second-order valence-corrected chi connectivity index (χ2v) is 8.83. The fourth-order valence-corrected chi connectivity index (χ4v) is 5.07. The Bertz CT molecular complexity index is 602. The van der Waals surface area contributed by atoms with Crippen molar-refractivity contribution in [3.63, 3.8) is 0 Å². The average Bonchev–Trinajstić information content (AvgIpc) is 2.83. The van der Waals surface area contributed by atoms with E-state index >= 15 is 0 Å². The summed E-state index contributed by atoms with van der Waals surface area (Å²) in [6, 6.07) is 0.0939. The summed E-state index contributed by atoms with van der Waals surface area (Å²) < 4.78 is 0. The second-order valence-electron chi connectivity index (χ2n) is 7.31. The highest BCUT2D eigenvalue weighted by atomic mass is 35.5. The van der Waals surface area contributed by atoms with E-state index in [1.54, 1.807) is 18.0 Å². The van der Waals surface area contributed by atoms with Crippen LogP contribution >= 0.6 is 23.4 Å². The second kappa shape index (κ2) is 7.61. The normalized spacial score (nSPS) is 24.0. The van der Waals surface area contributed by atoms with Gasteiger partial charge in [0.15, 0.2) is 5.82 Å². The van der Waals surface area contributed by atoms with E-state index in [4.69, 9.17) is 11.6 Å². The lowest BCUT2D eigenvalue weighted by Crippen LogP contribution is -2.50. The van der Waals surface area contributed by atoms with Crippen molar-refractivity contribution < 1.29 is 4.79 Å². The van der Waals surface area contributed by atoms with Crippen LogP contribution in [0.15, 0.2) is 11.1 Å². The van der Waals surface area contributed by atoms with E-state index in [-0.39, 0.29) is 22.5 Å². The summed E-state index contributed by atoms with van der Waals surface area (Å²) in [5, 5.41) is 0.192. The fraction of sp³-hybridized carbons (Fsp3) is 0.722. The van der Waals surface area contributed by atoms with Crippen molar-refractivity contribution in [2.75, 3.05) is 4.90 Å². The molecule has 0 aromatic carbocycles. The molecule has 2 unspecified atom stereocenters. The molecular weight excluding hydrogens is 342 g/mol. The lowest BCUT2D eigenvalue weighted by atomic mass is 9.94. The van der Waals surface area contributed by atoms with E-state index in [0.717, 1.165) is 17.7 Å². The first-order valence-electron chi connectivity index (χ1n) is 9.01. The topological polar surface area (TPSA) is 46.1 Å². The SMILES string of the molecule is CC(C)C(C)N1C(=O)C(C2CCCCCC2)Sc2cnc(Cl)nc21. The van der Waals surface area contributed by atoms with Crippen molar-refractivity contribution in [1.82, 2.24) is 9.97 Å². The van der Waals surface area contributed by atoms with Crippen molar-refractivity contribution in [2.24, 2.45) is 11.8 Å². The monoisotopic (exact) mass is 367 g/mol. The van der Waals surface area contributed by atoms with Gasteiger partial charge >= 0.3 is 0 Å². The summed E-state index contributed by atoms with van der Waals surface area (Å²) in [6.45, 7) is 6.38. The van der Waals surface area contributed by atoms with Gasteiger partial charge in [0.25, 0.3) is 0 Å². The molecule has 1 aromatic rings. The van der Waals surface area contributed by atoms with Crippen LogP contribution in [0.25, 0.3) is 0 Å². The van der Waals surface area contributed by atoms with Gasteiger partial charge in [0, 0.05) is 12.2 Å². The van der Waals surface area contributed by atoms with Gasteiger partial charge in [-0.05, 0) is 43.2 Å². The first kappa shape index (κ1) is 18.0. The minimum absolute atomic E-state index is 0.0124. The Kier molecular flexibility index (Phi) is 5.70. The third-order valence-electron chi connectivity index (χ3n) is 5.37. The summed E-state index contributed by atoms with van der Waals surface area (Å²) in [4.78, 5) is 24.8. The Morgan fingerprint density at radius 1 is 1.21 bits per heavy atom. The van der Waals surface area contributed by atoms with Gasteiger partial charge in [-0.15, -0.1) is 11.8 Å². The third-order valence-corrected chi connectivity index (χ3v) is 6.93. The first-order chi connectivity index (χ1) is 11.5. The average molecular weight is 368 g/mol. The van der Waals surface area contributed by atoms with Crippen molar-refractivity contribution in [1.29, 1.82) is 0 Å². The largest absolute Gasteiger partial charge is 0.292 e. The molecule has 3 rings (SSSR count). The molecular formula is C18H26ClN3OS. The van der Waals surface area contributed by atoms with Crippen LogP contribution in [0.4, 0.5) is 5.82 Å². The molecule has 0 bridgehead atoms. The van der Waals surface area contributed by atoms with Crippen molar-refractivity contribution >= 4 is 35.1 Å². The zero-order chi connectivity index (χ0) is 17.3. The number of carbonyl (C=O) groups excluding carboxylic acids is 1. The van der Waals surface area contributed by atoms with Crippen LogP contribution in [-0.2, 0) is 4.79 Å². The number of carbonyl (C=O) groups is 1. The number of aromatic nitrogens is 2. The van der Waals surface area contributed by atoms with E-state index in [1.807, 2.05) is 4.90 Å². The van der Waals surface area contributed by atoms with E-state index in [1.165, 1.54) is 25.7 Å². The number of hydrogen-bond acceptors (Lipinski definition) is 4. The molecule has 1 aliphatic carbocycles. The summed E-state index contributed by atoms with van der Waals surface area (Å²) in [7, 11) is 0. The highest BCUT2D eigenvalue weighted by Gasteiger charge is 2.41. The van der Waals surface area contributed by atoms with Crippen LogP contribution < -0.4 is 4.90 Å². The molecule has 0 spiro atoms. The van der Waals surface area contributed by atoms with Crippen LogP contribution in [0.5, 0.6) is 0 Å². The smallest absolute Gasteiger partial charge is 0.242 e. The predicted octanol–water partition coefficient (Wildman–Crippen LogP) is 4.95. The third kappa shape index (κ3) is 3.57. The molecule has 0 N–H and O–H groups in total. The quantitative estimate of drug-likeness (QED) is 0.560. The van der Waals surface area contributed by atoms with Gasteiger partial charge in [-0.1, -0.05) is 39.5 Å². The van der Waals surface area contributed by atoms with Gasteiger partial charge in [-0.25, -0.2) is 4.98 Å². The number of rotatable bonds is 3.